The molecule has 0 amide bonds. The van der Waals surface area contributed by atoms with Gasteiger partial charge in [-0.1, -0.05) is 35.0 Å². The maximum atomic E-state index is 13.1. The Hall–Kier alpha value is -2.26. The number of nitrogens with zero attached hydrogens (tertiary/aromatic N) is 3. The van der Waals surface area contributed by atoms with Crippen LogP contribution >= 0.6 is 15.9 Å². The van der Waals surface area contributed by atoms with Crippen LogP contribution in [-0.4, -0.2) is 34.6 Å². The molecule has 27 heavy (non-hydrogen) atoms. The van der Waals surface area contributed by atoms with Gasteiger partial charge in [-0.05, 0) is 31.5 Å². The molecule has 0 N–H and O–H groups in total. The Kier molecular flexibility index (Phi) is 5.09. The highest BCUT2D eigenvalue weighted by atomic mass is 79.9. The van der Waals surface area contributed by atoms with Crippen LogP contribution in [0.5, 0.6) is 0 Å². The van der Waals surface area contributed by atoms with Gasteiger partial charge in [-0.25, -0.2) is 12.4 Å². The molecule has 0 saturated heterocycles. The average molecular weight is 452 g/mol. The first-order chi connectivity index (χ1) is 12.6. The highest BCUT2D eigenvalue weighted by Crippen LogP contribution is 2.33. The first-order valence-electron chi connectivity index (χ1n) is 8.20. The molecule has 7 nitrogen and oxygen atoms in total. The number of hydrogen-bond acceptors (Lipinski definition) is 6. The third-order valence-electron chi connectivity index (χ3n) is 4.22. The zero-order valence-electron chi connectivity index (χ0n) is 15.3. The van der Waals surface area contributed by atoms with Crippen LogP contribution in [0.15, 0.2) is 33.2 Å². The molecule has 3 rings (SSSR count). The lowest BCUT2D eigenvalue weighted by molar-refractivity contribution is 0.103. The molecule has 1 aromatic carbocycles. The van der Waals surface area contributed by atoms with Gasteiger partial charge in [-0.3, -0.25) is 4.79 Å². The van der Waals surface area contributed by atoms with Gasteiger partial charge in [0.2, 0.25) is 15.9 Å². The van der Waals surface area contributed by atoms with E-state index in [0.29, 0.717) is 34.7 Å². The van der Waals surface area contributed by atoms with Gasteiger partial charge in [0.1, 0.15) is 5.69 Å². The van der Waals surface area contributed by atoms with E-state index in [2.05, 4.69) is 26.1 Å². The predicted molar refractivity (Wildman–Crippen MR) is 104 cm³/mol. The fourth-order valence-electron chi connectivity index (χ4n) is 3.07. The Morgan fingerprint density at radius 3 is 2.52 bits per heavy atom. The van der Waals surface area contributed by atoms with E-state index in [1.165, 1.54) is 0 Å². The number of carbonyl (C=O) groups is 1. The van der Waals surface area contributed by atoms with Crippen LogP contribution in [0.25, 0.3) is 11.6 Å². The summed E-state index contributed by atoms with van der Waals surface area (Å²) in [5.74, 6) is 0.194. The van der Waals surface area contributed by atoms with Crippen molar-refractivity contribution >= 4 is 31.7 Å². The number of aryl methyl sites for hydroxylation is 1. The molecule has 9 heteroatoms. The lowest BCUT2D eigenvalue weighted by Crippen LogP contribution is -2.14. The van der Waals surface area contributed by atoms with Gasteiger partial charge in [0, 0.05) is 27.7 Å². The van der Waals surface area contributed by atoms with Crippen molar-refractivity contribution in [3.05, 3.63) is 57.0 Å². The molecule has 0 unspecified atom stereocenters. The minimum absolute atomic E-state index is 0.0752. The highest BCUT2D eigenvalue weighted by Gasteiger charge is 2.30. The number of benzene rings is 1. The predicted octanol–water partition coefficient (Wildman–Crippen LogP) is 3.52. The van der Waals surface area contributed by atoms with Gasteiger partial charge in [0.25, 0.3) is 5.89 Å². The van der Waals surface area contributed by atoms with Crippen LogP contribution in [-0.2, 0) is 16.4 Å². The van der Waals surface area contributed by atoms with Gasteiger partial charge < -0.3 is 4.42 Å². The molecular weight excluding hydrogens is 434 g/mol. The van der Waals surface area contributed by atoms with Crippen LogP contribution in [0.1, 0.15) is 40.0 Å². The van der Waals surface area contributed by atoms with Crippen LogP contribution in [0.3, 0.4) is 0 Å². The lowest BCUT2D eigenvalue weighted by Gasteiger charge is -2.07. The summed E-state index contributed by atoms with van der Waals surface area (Å²) in [4.78, 5) is 13.1. The van der Waals surface area contributed by atoms with E-state index in [-0.39, 0.29) is 17.4 Å². The first kappa shape index (κ1) is 19.5. The quantitative estimate of drug-likeness (QED) is 0.550. The van der Waals surface area contributed by atoms with Gasteiger partial charge >= 0.3 is 0 Å². The number of carbonyl (C=O) groups excluding carboxylic acids is 1. The van der Waals surface area contributed by atoms with Crippen LogP contribution < -0.4 is 0 Å². The Bertz CT molecular complexity index is 1150. The molecule has 0 aliphatic rings. The molecule has 0 aliphatic carbocycles. The Labute approximate surface area is 165 Å². The van der Waals surface area contributed by atoms with E-state index >= 15 is 0 Å². The average Bonchev–Trinajstić information content (AvgIpc) is 3.16. The Morgan fingerprint density at radius 2 is 1.96 bits per heavy atom. The zero-order valence-corrected chi connectivity index (χ0v) is 17.7. The molecule has 0 fully saturated rings. The van der Waals surface area contributed by atoms with E-state index in [1.807, 2.05) is 13.0 Å². The lowest BCUT2D eigenvalue weighted by atomic mass is 10.00. The number of rotatable bonds is 5. The summed E-state index contributed by atoms with van der Waals surface area (Å²) < 4.78 is 32.4. The number of ketones is 1. The molecule has 0 bridgehead atoms. The summed E-state index contributed by atoms with van der Waals surface area (Å²) in [6.07, 6.45) is 1.60. The molecule has 0 aliphatic heterocycles. The van der Waals surface area contributed by atoms with Crippen LogP contribution in [0.4, 0.5) is 0 Å². The van der Waals surface area contributed by atoms with E-state index in [1.54, 1.807) is 32.0 Å². The van der Waals surface area contributed by atoms with Gasteiger partial charge in [-0.2, -0.15) is 0 Å². The SMILES string of the molecule is CCc1nnc(-c2c(C)c(C(=O)c3cccc(Br)c3)c(C)n2S(C)(=O)=O)o1. The second kappa shape index (κ2) is 7.05. The molecule has 0 radical (unpaired) electrons. The Balaban J connectivity index is 2.29. The summed E-state index contributed by atoms with van der Waals surface area (Å²) in [5.41, 5.74) is 1.78. The van der Waals surface area contributed by atoms with Crippen molar-refractivity contribution in [1.82, 2.24) is 14.2 Å². The van der Waals surface area contributed by atoms with Crippen molar-refractivity contribution in [3.63, 3.8) is 0 Å². The van der Waals surface area contributed by atoms with Crippen molar-refractivity contribution in [1.29, 1.82) is 0 Å². The van der Waals surface area contributed by atoms with Crippen molar-refractivity contribution in [2.45, 2.75) is 27.2 Å². The fraction of sp³-hybridized carbons (Fsp3) is 0.278. The smallest absolute Gasteiger partial charge is 0.265 e. The van der Waals surface area contributed by atoms with Crippen molar-refractivity contribution in [3.8, 4) is 11.6 Å². The summed E-state index contributed by atoms with van der Waals surface area (Å²) in [7, 11) is -3.71. The molecule has 0 atom stereocenters. The maximum Gasteiger partial charge on any atom is 0.265 e. The topological polar surface area (TPSA) is 95.1 Å². The highest BCUT2D eigenvalue weighted by molar-refractivity contribution is 9.10. The van der Waals surface area contributed by atoms with Crippen LogP contribution in [0, 0.1) is 13.8 Å². The summed E-state index contributed by atoms with van der Waals surface area (Å²) in [6.45, 7) is 5.14. The summed E-state index contributed by atoms with van der Waals surface area (Å²) >= 11 is 3.35. The minimum Gasteiger partial charge on any atom is -0.419 e. The second-order valence-electron chi connectivity index (χ2n) is 6.16. The number of aromatic nitrogens is 3. The standard InChI is InChI=1S/C18H18BrN3O4S/c1-5-14-20-21-18(26-14)16-10(2)15(11(3)22(16)27(4,24)25)17(23)12-7-6-8-13(19)9-12/h6-9H,5H2,1-4H3. The van der Waals surface area contributed by atoms with E-state index in [0.717, 1.165) is 14.7 Å². The third kappa shape index (κ3) is 3.49. The molecule has 142 valence electrons. The monoisotopic (exact) mass is 451 g/mol. The molecule has 3 aromatic rings. The molecule has 0 saturated carbocycles. The zero-order chi connectivity index (χ0) is 19.9. The van der Waals surface area contributed by atoms with Crippen molar-refractivity contribution in [2.24, 2.45) is 0 Å². The van der Waals surface area contributed by atoms with E-state index in [9.17, 15) is 13.2 Å². The summed E-state index contributed by atoms with van der Waals surface area (Å²) in [5, 5.41) is 7.89. The molecular formula is C18H18BrN3O4S. The van der Waals surface area contributed by atoms with Gasteiger partial charge in [-0.15, -0.1) is 10.2 Å². The Morgan fingerprint density at radius 1 is 1.26 bits per heavy atom. The fourth-order valence-corrected chi connectivity index (χ4v) is 4.61. The molecule has 0 spiro atoms. The van der Waals surface area contributed by atoms with Crippen LogP contribution in [0.2, 0.25) is 0 Å². The first-order valence-corrected chi connectivity index (χ1v) is 10.8. The molecule has 2 heterocycles. The third-order valence-corrected chi connectivity index (χ3v) is 5.83. The normalized spacial score (nSPS) is 11.7. The second-order valence-corrected chi connectivity index (χ2v) is 8.90. The number of halogens is 1. The van der Waals surface area contributed by atoms with Gasteiger partial charge in [0.15, 0.2) is 5.78 Å². The summed E-state index contributed by atoms with van der Waals surface area (Å²) in [6, 6.07) is 6.95. The van der Waals surface area contributed by atoms with Gasteiger partial charge in [0.05, 0.1) is 6.26 Å². The largest absolute Gasteiger partial charge is 0.419 e. The number of hydrogen-bond donors (Lipinski definition) is 0. The van der Waals surface area contributed by atoms with Crippen molar-refractivity contribution in [2.75, 3.05) is 6.26 Å². The van der Waals surface area contributed by atoms with E-state index in [4.69, 9.17) is 4.42 Å². The van der Waals surface area contributed by atoms with E-state index < -0.39 is 10.0 Å². The maximum absolute atomic E-state index is 13.1. The van der Waals surface area contributed by atoms with Crippen molar-refractivity contribution < 1.29 is 17.6 Å². The minimum atomic E-state index is -3.71. The molecule has 2 aromatic heterocycles.